The molecule has 1 N–H and O–H groups in total. The highest BCUT2D eigenvalue weighted by Crippen LogP contribution is 2.16. The molecule has 0 aliphatic heterocycles. The Morgan fingerprint density at radius 3 is 2.33 bits per heavy atom. The summed E-state index contributed by atoms with van der Waals surface area (Å²) in [4.78, 5) is 12.1. The Morgan fingerprint density at radius 1 is 1.08 bits per heavy atom. The van der Waals surface area contributed by atoms with Crippen LogP contribution < -0.4 is 5.32 Å². The largest absolute Gasteiger partial charge is 0.322 e. The van der Waals surface area contributed by atoms with Crippen LogP contribution in [0.25, 0.3) is 6.08 Å². The number of amides is 1. The fourth-order valence-corrected chi connectivity index (χ4v) is 2.82. The number of hydrogen-bond acceptors (Lipinski definition) is 3. The zero-order valence-electron chi connectivity index (χ0n) is 14.0. The summed E-state index contributed by atoms with van der Waals surface area (Å²) in [6.45, 7) is 4.26. The Hall–Kier alpha value is -2.40. The van der Waals surface area contributed by atoms with Gasteiger partial charge < -0.3 is 5.32 Å². The van der Waals surface area contributed by atoms with E-state index < -0.39 is 9.84 Å². The minimum absolute atomic E-state index is 0.175. The van der Waals surface area contributed by atoms with Crippen molar-refractivity contribution >= 4 is 27.5 Å². The van der Waals surface area contributed by atoms with E-state index in [0.717, 1.165) is 11.8 Å². The van der Waals surface area contributed by atoms with Gasteiger partial charge in [0.25, 0.3) is 0 Å². The number of hydrogen-bond donors (Lipinski definition) is 1. The quantitative estimate of drug-likeness (QED) is 0.838. The van der Waals surface area contributed by atoms with Crippen molar-refractivity contribution in [2.45, 2.75) is 24.7 Å². The van der Waals surface area contributed by atoms with Crippen molar-refractivity contribution < 1.29 is 13.2 Å². The Kier molecular flexibility index (Phi) is 5.57. The maximum absolute atomic E-state index is 12.0. The van der Waals surface area contributed by atoms with Crippen LogP contribution in [0.15, 0.2) is 59.5 Å². The maximum Gasteiger partial charge on any atom is 0.248 e. The highest BCUT2D eigenvalue weighted by Gasteiger charge is 2.08. The van der Waals surface area contributed by atoms with Crippen molar-refractivity contribution in [3.8, 4) is 0 Å². The molecule has 0 aliphatic rings. The van der Waals surface area contributed by atoms with Gasteiger partial charge >= 0.3 is 0 Å². The first-order valence-electron chi connectivity index (χ1n) is 7.65. The van der Waals surface area contributed by atoms with Crippen LogP contribution in [0.5, 0.6) is 0 Å². The van der Waals surface area contributed by atoms with E-state index in [-0.39, 0.29) is 10.8 Å². The van der Waals surface area contributed by atoms with Crippen molar-refractivity contribution in [2.75, 3.05) is 11.6 Å². The molecular formula is C19H21NO3S. The summed E-state index contributed by atoms with van der Waals surface area (Å²) in [5.74, 6) is 0.155. The first-order chi connectivity index (χ1) is 11.3. The first-order valence-corrected chi connectivity index (χ1v) is 9.54. The van der Waals surface area contributed by atoms with Gasteiger partial charge in [-0.25, -0.2) is 8.42 Å². The number of sulfone groups is 1. The van der Waals surface area contributed by atoms with Crippen molar-refractivity contribution in [1.29, 1.82) is 0 Å². The molecule has 126 valence electrons. The fraction of sp³-hybridized carbons (Fsp3) is 0.211. The Balaban J connectivity index is 2.05. The summed E-state index contributed by atoms with van der Waals surface area (Å²) in [5, 5.41) is 2.66. The smallest absolute Gasteiger partial charge is 0.248 e. The molecule has 0 unspecified atom stereocenters. The maximum atomic E-state index is 12.0. The van der Waals surface area contributed by atoms with E-state index in [4.69, 9.17) is 0 Å². The standard InChI is InChI=1S/C19H21NO3S/c1-14(2)16-10-7-15(8-11-16)9-12-19(21)20-17-5-4-6-18(13-17)24(3,22)23/h4-14H,1-3H3,(H,20,21)/b12-9+. The lowest BCUT2D eigenvalue weighted by molar-refractivity contribution is -0.111. The van der Waals surface area contributed by atoms with Crippen molar-refractivity contribution in [3.63, 3.8) is 0 Å². The van der Waals surface area contributed by atoms with Crippen LogP contribution in [-0.4, -0.2) is 20.6 Å². The van der Waals surface area contributed by atoms with Crippen LogP contribution in [0, 0.1) is 0 Å². The molecule has 1 amide bonds. The molecule has 2 aromatic rings. The molecule has 4 nitrogen and oxygen atoms in total. The van der Waals surface area contributed by atoms with Gasteiger partial charge in [0.15, 0.2) is 9.84 Å². The molecule has 0 saturated heterocycles. The van der Waals surface area contributed by atoms with Crippen molar-refractivity contribution in [1.82, 2.24) is 0 Å². The second kappa shape index (κ2) is 7.45. The van der Waals surface area contributed by atoms with Gasteiger partial charge in [-0.2, -0.15) is 0 Å². The summed E-state index contributed by atoms with van der Waals surface area (Å²) in [7, 11) is -3.30. The average Bonchev–Trinajstić information content (AvgIpc) is 2.53. The molecule has 0 fully saturated rings. The van der Waals surface area contributed by atoms with Crippen LogP contribution in [0.4, 0.5) is 5.69 Å². The predicted molar refractivity (Wildman–Crippen MR) is 97.7 cm³/mol. The Labute approximate surface area is 143 Å². The van der Waals surface area contributed by atoms with E-state index in [1.54, 1.807) is 18.2 Å². The van der Waals surface area contributed by atoms with Gasteiger partial charge in [0.2, 0.25) is 5.91 Å². The minimum atomic E-state index is -3.30. The molecule has 0 aromatic heterocycles. The highest BCUT2D eigenvalue weighted by atomic mass is 32.2. The van der Waals surface area contributed by atoms with E-state index >= 15 is 0 Å². The molecule has 0 aliphatic carbocycles. The van der Waals surface area contributed by atoms with E-state index in [1.165, 1.54) is 23.8 Å². The number of carbonyl (C=O) groups excluding carboxylic acids is 1. The van der Waals surface area contributed by atoms with Crippen LogP contribution >= 0.6 is 0 Å². The van der Waals surface area contributed by atoms with Gasteiger partial charge in [-0.1, -0.05) is 44.2 Å². The van der Waals surface area contributed by atoms with Gasteiger partial charge in [0.05, 0.1) is 4.90 Å². The molecule has 0 saturated carbocycles. The Bertz CT molecular complexity index is 850. The molecule has 0 atom stereocenters. The third-order valence-electron chi connectivity index (χ3n) is 3.56. The summed E-state index contributed by atoms with van der Waals surface area (Å²) >= 11 is 0. The molecule has 0 radical (unpaired) electrons. The molecule has 0 heterocycles. The normalized spacial score (nSPS) is 11.8. The molecule has 5 heteroatoms. The molecule has 2 rings (SSSR count). The van der Waals surface area contributed by atoms with Gasteiger partial charge in [-0.05, 0) is 41.3 Å². The number of nitrogens with one attached hydrogen (secondary N) is 1. The first kappa shape index (κ1) is 17.9. The van der Waals surface area contributed by atoms with E-state index in [0.29, 0.717) is 11.6 Å². The van der Waals surface area contributed by atoms with Gasteiger partial charge in [-0.3, -0.25) is 4.79 Å². The third kappa shape index (κ3) is 5.06. The van der Waals surface area contributed by atoms with E-state index in [1.807, 2.05) is 24.3 Å². The minimum Gasteiger partial charge on any atom is -0.322 e. The summed E-state index contributed by atoms with van der Waals surface area (Å²) in [5.41, 5.74) is 2.62. The fourth-order valence-electron chi connectivity index (χ4n) is 2.15. The molecule has 24 heavy (non-hydrogen) atoms. The highest BCUT2D eigenvalue weighted by molar-refractivity contribution is 7.90. The molecule has 0 bridgehead atoms. The topological polar surface area (TPSA) is 63.2 Å². The lowest BCUT2D eigenvalue weighted by atomic mass is 10.0. The lowest BCUT2D eigenvalue weighted by Gasteiger charge is -2.05. The van der Waals surface area contributed by atoms with Gasteiger partial charge in [0.1, 0.15) is 0 Å². The SMILES string of the molecule is CC(C)c1ccc(/C=C/C(=O)Nc2cccc(S(C)(=O)=O)c2)cc1. The molecule has 2 aromatic carbocycles. The molecular weight excluding hydrogens is 322 g/mol. The summed E-state index contributed by atoms with van der Waals surface area (Å²) in [6.07, 6.45) is 4.28. The van der Waals surface area contributed by atoms with Crippen molar-refractivity contribution in [3.05, 3.63) is 65.7 Å². The third-order valence-corrected chi connectivity index (χ3v) is 4.67. The number of anilines is 1. The van der Waals surface area contributed by atoms with Gasteiger partial charge in [-0.15, -0.1) is 0 Å². The zero-order chi connectivity index (χ0) is 17.7. The summed E-state index contributed by atoms with van der Waals surface area (Å²) in [6, 6.07) is 14.2. The summed E-state index contributed by atoms with van der Waals surface area (Å²) < 4.78 is 23.1. The van der Waals surface area contributed by atoms with E-state index in [2.05, 4.69) is 19.2 Å². The number of benzene rings is 2. The van der Waals surface area contributed by atoms with Crippen molar-refractivity contribution in [2.24, 2.45) is 0 Å². The van der Waals surface area contributed by atoms with E-state index in [9.17, 15) is 13.2 Å². The van der Waals surface area contributed by atoms with Gasteiger partial charge in [0, 0.05) is 18.0 Å². The van der Waals surface area contributed by atoms with Crippen LogP contribution in [-0.2, 0) is 14.6 Å². The zero-order valence-corrected chi connectivity index (χ0v) is 14.8. The number of carbonyl (C=O) groups is 1. The second-order valence-corrected chi connectivity index (χ2v) is 7.96. The Morgan fingerprint density at radius 2 is 1.75 bits per heavy atom. The lowest BCUT2D eigenvalue weighted by Crippen LogP contribution is -2.08. The van der Waals surface area contributed by atoms with Crippen LogP contribution in [0.2, 0.25) is 0 Å². The van der Waals surface area contributed by atoms with Crippen LogP contribution in [0.1, 0.15) is 30.9 Å². The predicted octanol–water partition coefficient (Wildman–Crippen LogP) is 3.87. The van der Waals surface area contributed by atoms with Crippen LogP contribution in [0.3, 0.4) is 0 Å². The second-order valence-electron chi connectivity index (χ2n) is 5.94. The monoisotopic (exact) mass is 343 g/mol. The molecule has 0 spiro atoms. The number of rotatable bonds is 5. The average molecular weight is 343 g/mol.